The van der Waals surface area contributed by atoms with Crippen LogP contribution in [0.15, 0.2) is 16.7 Å². The van der Waals surface area contributed by atoms with Gasteiger partial charge < -0.3 is 14.6 Å². The lowest BCUT2D eigenvalue weighted by Crippen LogP contribution is -2.18. The zero-order valence-electron chi connectivity index (χ0n) is 11.6. The van der Waals surface area contributed by atoms with Crippen LogP contribution in [0.5, 0.6) is 0 Å². The first kappa shape index (κ1) is 13.9. The molecule has 0 spiro atoms. The van der Waals surface area contributed by atoms with Gasteiger partial charge in [0, 0.05) is 31.3 Å². The summed E-state index contributed by atoms with van der Waals surface area (Å²) in [5, 5.41) is 13.3. The topological polar surface area (TPSA) is 54.2 Å². The minimum absolute atomic E-state index is 0.0249. The van der Waals surface area contributed by atoms with Crippen molar-refractivity contribution in [2.75, 3.05) is 11.9 Å². The van der Waals surface area contributed by atoms with Crippen molar-refractivity contribution in [3.05, 3.63) is 23.0 Å². The number of thiazole rings is 1. The van der Waals surface area contributed by atoms with Gasteiger partial charge in [-0.25, -0.2) is 9.97 Å². The largest absolute Gasteiger partial charge is 0.390 e. The van der Waals surface area contributed by atoms with E-state index in [1.807, 2.05) is 11.6 Å². The number of hydrogen-bond donors (Lipinski definition) is 1. The summed E-state index contributed by atoms with van der Waals surface area (Å²) in [6.07, 6.45) is 4.30. The number of hydrogen-bond acceptors (Lipinski definition) is 6. The van der Waals surface area contributed by atoms with Gasteiger partial charge in [0.25, 0.3) is 0 Å². The maximum absolute atomic E-state index is 9.15. The molecule has 1 N–H and O–H groups in total. The molecule has 0 amide bonds. The van der Waals surface area contributed by atoms with Gasteiger partial charge >= 0.3 is 0 Å². The normalized spacial score (nSPS) is 14.8. The second-order valence-corrected chi connectivity index (χ2v) is 6.78. The molecule has 0 aromatic carbocycles. The van der Waals surface area contributed by atoms with Crippen molar-refractivity contribution in [2.45, 2.75) is 36.4 Å². The zero-order valence-corrected chi connectivity index (χ0v) is 13.2. The van der Waals surface area contributed by atoms with Crippen molar-refractivity contribution in [3.8, 4) is 0 Å². The Labute approximate surface area is 126 Å². The Hall–Kier alpha value is -1.05. The molecule has 3 rings (SSSR count). The van der Waals surface area contributed by atoms with E-state index >= 15 is 0 Å². The lowest BCUT2D eigenvalue weighted by atomic mass is 10.5. The number of rotatable bonds is 6. The number of aliphatic hydroxyl groups is 1. The molecule has 108 valence electrons. The van der Waals surface area contributed by atoms with Gasteiger partial charge in [0.05, 0.1) is 24.2 Å². The average Bonchev–Trinajstić information content (AvgIpc) is 3.09. The summed E-state index contributed by atoms with van der Waals surface area (Å²) in [5.74, 6) is 0.810. The molecule has 5 nitrogen and oxygen atoms in total. The molecule has 2 aromatic heterocycles. The van der Waals surface area contributed by atoms with Crippen molar-refractivity contribution in [2.24, 2.45) is 7.05 Å². The second-order valence-electron chi connectivity index (χ2n) is 5.00. The Kier molecular flexibility index (Phi) is 4.00. The summed E-state index contributed by atoms with van der Waals surface area (Å²) in [4.78, 5) is 11.3. The van der Waals surface area contributed by atoms with Gasteiger partial charge in [0.1, 0.15) is 0 Å². The van der Waals surface area contributed by atoms with Crippen molar-refractivity contribution >= 4 is 28.2 Å². The summed E-state index contributed by atoms with van der Waals surface area (Å²) in [6.45, 7) is 0.0249. The van der Waals surface area contributed by atoms with E-state index in [0.717, 1.165) is 27.4 Å². The maximum atomic E-state index is 9.15. The number of aliphatic hydroxyl groups excluding tert-OH is 1. The lowest BCUT2D eigenvalue weighted by Gasteiger charge is -2.13. The van der Waals surface area contributed by atoms with Crippen LogP contribution in [0.1, 0.15) is 24.2 Å². The monoisotopic (exact) mass is 310 g/mol. The molecular weight excluding hydrogens is 292 g/mol. The van der Waals surface area contributed by atoms with E-state index in [4.69, 9.17) is 5.11 Å². The number of aromatic nitrogens is 3. The molecule has 2 heterocycles. The second kappa shape index (κ2) is 5.75. The van der Waals surface area contributed by atoms with E-state index in [-0.39, 0.29) is 6.61 Å². The molecule has 0 radical (unpaired) electrons. The predicted molar refractivity (Wildman–Crippen MR) is 82.2 cm³/mol. The van der Waals surface area contributed by atoms with Gasteiger partial charge in [-0.1, -0.05) is 11.8 Å². The van der Waals surface area contributed by atoms with Crippen LogP contribution in [0, 0.1) is 0 Å². The molecule has 1 fully saturated rings. The molecular formula is C13H18N4OS2. The van der Waals surface area contributed by atoms with Crippen LogP contribution in [0.2, 0.25) is 0 Å². The Bertz CT molecular complexity index is 591. The highest BCUT2D eigenvalue weighted by atomic mass is 32.2. The minimum Gasteiger partial charge on any atom is -0.390 e. The van der Waals surface area contributed by atoms with Gasteiger partial charge in [-0.05, 0) is 12.8 Å². The summed E-state index contributed by atoms with van der Waals surface area (Å²) in [5.41, 5.74) is 1.93. The molecule has 0 saturated heterocycles. The standard InChI is InChI=1S/C13H18N4OS2/c1-16(10-3-4-10)13-15-9(8-20-13)7-19-12-14-5-11(6-18)17(12)2/h5,8,10,18H,3-4,6-7H2,1-2H3. The van der Waals surface area contributed by atoms with Crippen LogP contribution in [-0.4, -0.2) is 32.7 Å². The van der Waals surface area contributed by atoms with E-state index < -0.39 is 0 Å². The van der Waals surface area contributed by atoms with Crippen LogP contribution in [0.25, 0.3) is 0 Å². The molecule has 1 aliphatic carbocycles. The minimum atomic E-state index is 0.0249. The lowest BCUT2D eigenvalue weighted by molar-refractivity contribution is 0.271. The van der Waals surface area contributed by atoms with E-state index in [2.05, 4.69) is 27.3 Å². The SMILES string of the molecule is CN(c1nc(CSc2ncc(CO)n2C)cs1)C1CC1. The Morgan fingerprint density at radius 2 is 2.35 bits per heavy atom. The summed E-state index contributed by atoms with van der Waals surface area (Å²) >= 11 is 3.36. The van der Waals surface area contributed by atoms with Gasteiger partial charge in [-0.2, -0.15) is 0 Å². The molecule has 1 aliphatic rings. The molecule has 20 heavy (non-hydrogen) atoms. The molecule has 1 saturated carbocycles. The van der Waals surface area contributed by atoms with Crippen molar-refractivity contribution < 1.29 is 5.11 Å². The quantitative estimate of drug-likeness (QED) is 0.830. The first-order valence-corrected chi connectivity index (χ1v) is 8.47. The fraction of sp³-hybridized carbons (Fsp3) is 0.538. The molecule has 0 aliphatic heterocycles. The first-order valence-electron chi connectivity index (χ1n) is 6.60. The fourth-order valence-electron chi connectivity index (χ4n) is 1.99. The van der Waals surface area contributed by atoms with Gasteiger partial charge in [0.15, 0.2) is 10.3 Å². The van der Waals surface area contributed by atoms with Gasteiger partial charge in [-0.15, -0.1) is 11.3 Å². The molecule has 0 bridgehead atoms. The summed E-state index contributed by atoms with van der Waals surface area (Å²) < 4.78 is 1.92. The number of anilines is 1. The van der Waals surface area contributed by atoms with E-state index in [0.29, 0.717) is 6.04 Å². The fourth-order valence-corrected chi connectivity index (χ4v) is 3.82. The van der Waals surface area contributed by atoms with E-state index in [9.17, 15) is 0 Å². The first-order chi connectivity index (χ1) is 9.69. The molecule has 7 heteroatoms. The molecule has 0 atom stereocenters. The summed E-state index contributed by atoms with van der Waals surface area (Å²) in [6, 6.07) is 0.698. The number of thioether (sulfide) groups is 1. The van der Waals surface area contributed by atoms with Crippen molar-refractivity contribution in [1.29, 1.82) is 0 Å². The third-order valence-electron chi connectivity index (χ3n) is 3.49. The van der Waals surface area contributed by atoms with Crippen LogP contribution in [-0.2, 0) is 19.4 Å². The van der Waals surface area contributed by atoms with Crippen molar-refractivity contribution in [3.63, 3.8) is 0 Å². The Balaban J connectivity index is 1.61. The highest BCUT2D eigenvalue weighted by Gasteiger charge is 2.27. The van der Waals surface area contributed by atoms with E-state index in [1.54, 1.807) is 29.3 Å². The predicted octanol–water partition coefficient (Wildman–Crippen LogP) is 2.26. The smallest absolute Gasteiger partial charge is 0.185 e. The Morgan fingerprint density at radius 1 is 1.55 bits per heavy atom. The third-order valence-corrected chi connectivity index (χ3v) is 5.55. The van der Waals surface area contributed by atoms with Crippen LogP contribution in [0.3, 0.4) is 0 Å². The molecule has 2 aromatic rings. The zero-order chi connectivity index (χ0) is 14.1. The van der Waals surface area contributed by atoms with Crippen LogP contribution >= 0.6 is 23.1 Å². The van der Waals surface area contributed by atoms with Crippen LogP contribution in [0.4, 0.5) is 5.13 Å². The van der Waals surface area contributed by atoms with Gasteiger partial charge in [0.2, 0.25) is 0 Å². The van der Waals surface area contributed by atoms with Crippen LogP contribution < -0.4 is 4.90 Å². The summed E-state index contributed by atoms with van der Waals surface area (Å²) in [7, 11) is 4.05. The average molecular weight is 310 g/mol. The highest BCUT2D eigenvalue weighted by molar-refractivity contribution is 7.98. The highest BCUT2D eigenvalue weighted by Crippen LogP contribution is 2.33. The van der Waals surface area contributed by atoms with E-state index in [1.165, 1.54) is 12.8 Å². The van der Waals surface area contributed by atoms with Crippen molar-refractivity contribution in [1.82, 2.24) is 14.5 Å². The number of nitrogens with zero attached hydrogens (tertiary/aromatic N) is 4. The Morgan fingerprint density at radius 3 is 3.00 bits per heavy atom. The number of imidazole rings is 1. The van der Waals surface area contributed by atoms with Gasteiger partial charge in [-0.3, -0.25) is 0 Å². The molecule has 0 unspecified atom stereocenters. The third kappa shape index (κ3) is 2.84. The maximum Gasteiger partial charge on any atom is 0.185 e.